The largest absolute Gasteiger partial charge is 0.381 e. The molecular weight excluding hydrogens is 326 g/mol. The molecule has 2 aliphatic heterocycles. The predicted octanol–water partition coefficient (Wildman–Crippen LogP) is 2.59. The van der Waals surface area contributed by atoms with Crippen molar-refractivity contribution >= 4 is 5.96 Å². The molecule has 0 aliphatic carbocycles. The average Bonchev–Trinajstić information content (AvgIpc) is 3.16. The second kappa shape index (κ2) is 8.87. The van der Waals surface area contributed by atoms with Gasteiger partial charge in [-0.2, -0.15) is 0 Å². The van der Waals surface area contributed by atoms with Crippen LogP contribution in [0.1, 0.15) is 30.4 Å². The molecule has 2 saturated heterocycles. The van der Waals surface area contributed by atoms with Crippen LogP contribution < -0.4 is 5.32 Å². The lowest BCUT2D eigenvalue weighted by Gasteiger charge is -2.40. The molecule has 1 aromatic rings. The van der Waals surface area contributed by atoms with E-state index in [0.29, 0.717) is 5.92 Å². The highest BCUT2D eigenvalue weighted by Crippen LogP contribution is 2.36. The highest BCUT2D eigenvalue weighted by molar-refractivity contribution is 5.79. The van der Waals surface area contributed by atoms with Crippen LogP contribution in [0.15, 0.2) is 29.3 Å². The Balaban J connectivity index is 1.69. The first-order valence-corrected chi connectivity index (χ1v) is 9.78. The van der Waals surface area contributed by atoms with Gasteiger partial charge in [0.05, 0.1) is 6.61 Å². The van der Waals surface area contributed by atoms with Gasteiger partial charge < -0.3 is 19.7 Å². The van der Waals surface area contributed by atoms with Gasteiger partial charge in [0.2, 0.25) is 0 Å². The Kier molecular flexibility index (Phi) is 6.54. The van der Waals surface area contributed by atoms with Gasteiger partial charge in [0.1, 0.15) is 0 Å². The zero-order valence-corrected chi connectivity index (χ0v) is 16.5. The fraction of sp³-hybridized carbons (Fsp3) is 0.667. The van der Waals surface area contributed by atoms with Crippen LogP contribution in [-0.4, -0.2) is 64.5 Å². The van der Waals surface area contributed by atoms with E-state index >= 15 is 0 Å². The minimum absolute atomic E-state index is 0.108. The molecule has 1 N–H and O–H groups in total. The van der Waals surface area contributed by atoms with Crippen LogP contribution in [0.25, 0.3) is 0 Å². The number of aryl methyl sites for hydroxylation is 1. The predicted molar refractivity (Wildman–Crippen MR) is 106 cm³/mol. The van der Waals surface area contributed by atoms with E-state index in [2.05, 4.69) is 53.4 Å². The molecule has 144 valence electrons. The van der Waals surface area contributed by atoms with E-state index in [1.165, 1.54) is 11.1 Å². The fourth-order valence-corrected chi connectivity index (χ4v) is 4.31. The number of hydrogen-bond acceptors (Lipinski definition) is 3. The van der Waals surface area contributed by atoms with Crippen molar-refractivity contribution in [2.24, 2.45) is 10.9 Å². The smallest absolute Gasteiger partial charge is 0.193 e. The maximum atomic E-state index is 5.67. The molecule has 5 nitrogen and oxygen atoms in total. The van der Waals surface area contributed by atoms with E-state index in [4.69, 9.17) is 9.47 Å². The molecule has 2 fully saturated rings. The molecule has 0 aromatic heterocycles. The van der Waals surface area contributed by atoms with Crippen molar-refractivity contribution in [1.29, 1.82) is 0 Å². The number of hydrogen-bond donors (Lipinski definition) is 1. The van der Waals surface area contributed by atoms with Crippen LogP contribution in [0.4, 0.5) is 0 Å². The number of rotatable bonds is 5. The topological polar surface area (TPSA) is 46.1 Å². The van der Waals surface area contributed by atoms with E-state index < -0.39 is 0 Å². The summed E-state index contributed by atoms with van der Waals surface area (Å²) >= 11 is 0. The van der Waals surface area contributed by atoms with E-state index in [9.17, 15) is 0 Å². The molecule has 3 rings (SSSR count). The first kappa shape index (κ1) is 19.2. The fourth-order valence-electron chi connectivity index (χ4n) is 4.31. The summed E-state index contributed by atoms with van der Waals surface area (Å²) in [7, 11) is 3.99. The van der Waals surface area contributed by atoms with E-state index in [0.717, 1.165) is 64.7 Å². The Bertz CT molecular complexity index is 605. The number of benzene rings is 1. The molecule has 2 heterocycles. The third-order valence-electron chi connectivity index (χ3n) is 5.88. The van der Waals surface area contributed by atoms with Gasteiger partial charge in [-0.25, -0.2) is 0 Å². The standard InChI is InChI=1S/C21H33N3O2/c1-17-6-4-5-7-19(17)21(9-12-25-13-10-21)16-23-20(22-2)24(3)14-18-8-11-26-15-18/h4-7,18H,8-16H2,1-3H3,(H,22,23). The average molecular weight is 360 g/mol. The summed E-state index contributed by atoms with van der Waals surface area (Å²) in [5.41, 5.74) is 2.91. The van der Waals surface area contributed by atoms with Crippen molar-refractivity contribution in [2.45, 2.75) is 31.6 Å². The Hall–Kier alpha value is -1.59. The molecule has 0 spiro atoms. The third-order valence-corrected chi connectivity index (χ3v) is 5.88. The minimum Gasteiger partial charge on any atom is -0.381 e. The molecule has 26 heavy (non-hydrogen) atoms. The number of ether oxygens (including phenoxy) is 2. The Labute approximate surface area is 157 Å². The van der Waals surface area contributed by atoms with Gasteiger partial charge in [0.25, 0.3) is 0 Å². The van der Waals surface area contributed by atoms with Crippen molar-refractivity contribution in [2.75, 3.05) is 53.6 Å². The summed E-state index contributed by atoms with van der Waals surface area (Å²) in [6.45, 7) is 7.49. The van der Waals surface area contributed by atoms with Crippen LogP contribution in [0.5, 0.6) is 0 Å². The Morgan fingerprint density at radius 2 is 2.00 bits per heavy atom. The van der Waals surface area contributed by atoms with Gasteiger partial charge in [0, 0.05) is 58.3 Å². The lowest BCUT2D eigenvalue weighted by molar-refractivity contribution is 0.0510. The molecule has 1 aromatic carbocycles. The van der Waals surface area contributed by atoms with Crippen LogP contribution in [0.3, 0.4) is 0 Å². The molecule has 0 radical (unpaired) electrons. The van der Waals surface area contributed by atoms with Crippen molar-refractivity contribution in [3.05, 3.63) is 35.4 Å². The van der Waals surface area contributed by atoms with Crippen LogP contribution >= 0.6 is 0 Å². The molecule has 1 atom stereocenters. The zero-order valence-electron chi connectivity index (χ0n) is 16.5. The maximum absolute atomic E-state index is 5.67. The Morgan fingerprint density at radius 3 is 2.65 bits per heavy atom. The monoisotopic (exact) mass is 359 g/mol. The van der Waals surface area contributed by atoms with Crippen molar-refractivity contribution in [3.8, 4) is 0 Å². The van der Waals surface area contributed by atoms with Crippen molar-refractivity contribution < 1.29 is 9.47 Å². The summed E-state index contributed by atoms with van der Waals surface area (Å²) in [6, 6.07) is 8.77. The first-order chi connectivity index (χ1) is 12.6. The summed E-state index contributed by atoms with van der Waals surface area (Å²) in [4.78, 5) is 6.76. The van der Waals surface area contributed by atoms with Crippen molar-refractivity contribution in [1.82, 2.24) is 10.2 Å². The number of nitrogens with one attached hydrogen (secondary N) is 1. The molecule has 0 bridgehead atoms. The quantitative estimate of drug-likeness (QED) is 0.648. The van der Waals surface area contributed by atoms with Crippen molar-refractivity contribution in [3.63, 3.8) is 0 Å². The molecule has 0 saturated carbocycles. The lowest BCUT2D eigenvalue weighted by Crippen LogP contribution is -2.49. The highest BCUT2D eigenvalue weighted by atomic mass is 16.5. The summed E-state index contributed by atoms with van der Waals surface area (Å²) < 4.78 is 11.2. The van der Waals surface area contributed by atoms with E-state index in [1.807, 2.05) is 7.05 Å². The maximum Gasteiger partial charge on any atom is 0.193 e. The third kappa shape index (κ3) is 4.38. The summed E-state index contributed by atoms with van der Waals surface area (Å²) in [6.07, 6.45) is 3.23. The number of aliphatic imine (C=N–C) groups is 1. The number of guanidine groups is 1. The second-order valence-corrected chi connectivity index (χ2v) is 7.72. The zero-order chi connectivity index (χ0) is 18.4. The molecule has 1 unspecified atom stereocenters. The molecule has 0 amide bonds. The van der Waals surface area contributed by atoms with E-state index in [-0.39, 0.29) is 5.41 Å². The molecular formula is C21H33N3O2. The van der Waals surface area contributed by atoms with Gasteiger partial charge in [-0.1, -0.05) is 24.3 Å². The van der Waals surface area contributed by atoms with Gasteiger partial charge in [-0.3, -0.25) is 4.99 Å². The Morgan fingerprint density at radius 1 is 1.23 bits per heavy atom. The van der Waals surface area contributed by atoms with Gasteiger partial charge in [-0.15, -0.1) is 0 Å². The SMILES string of the molecule is CN=C(NCC1(c2ccccc2C)CCOCC1)N(C)CC1CCOC1. The van der Waals surface area contributed by atoms with Gasteiger partial charge in [0.15, 0.2) is 5.96 Å². The van der Waals surface area contributed by atoms with E-state index in [1.54, 1.807) is 0 Å². The van der Waals surface area contributed by atoms with Crippen LogP contribution in [0, 0.1) is 12.8 Å². The second-order valence-electron chi connectivity index (χ2n) is 7.72. The first-order valence-electron chi connectivity index (χ1n) is 9.78. The minimum atomic E-state index is 0.108. The lowest BCUT2D eigenvalue weighted by atomic mass is 9.72. The molecule has 5 heteroatoms. The van der Waals surface area contributed by atoms with Crippen LogP contribution in [0.2, 0.25) is 0 Å². The number of nitrogens with zero attached hydrogens (tertiary/aromatic N) is 2. The normalized spacial score (nSPS) is 23.0. The molecule has 2 aliphatic rings. The summed E-state index contributed by atoms with van der Waals surface area (Å²) in [5.74, 6) is 1.57. The highest BCUT2D eigenvalue weighted by Gasteiger charge is 2.36. The van der Waals surface area contributed by atoms with Gasteiger partial charge in [-0.05, 0) is 37.3 Å². The van der Waals surface area contributed by atoms with Crippen LogP contribution in [-0.2, 0) is 14.9 Å². The van der Waals surface area contributed by atoms with Gasteiger partial charge >= 0.3 is 0 Å². The summed E-state index contributed by atoms with van der Waals surface area (Å²) in [5, 5.41) is 3.66.